The zero-order valence-corrected chi connectivity index (χ0v) is 7.10. The Labute approximate surface area is 74.3 Å². The molecule has 1 N–H and O–H groups in total. The molecule has 62 valence electrons. The van der Waals surface area contributed by atoms with Crippen LogP contribution >= 0.6 is 12.2 Å². The normalized spacial score (nSPS) is 10.3. The van der Waals surface area contributed by atoms with Crippen LogP contribution in [0, 0.1) is 4.84 Å². The van der Waals surface area contributed by atoms with Gasteiger partial charge in [-0.25, -0.2) is 5.10 Å². The number of nitrogens with one attached hydrogen (secondary N) is 1. The number of allylic oxidation sites excluding steroid dienone is 2. The molecule has 0 aliphatic heterocycles. The molecule has 12 heavy (non-hydrogen) atoms. The highest BCUT2D eigenvalue weighted by Crippen LogP contribution is 2.09. The summed E-state index contributed by atoms with van der Waals surface area (Å²) in [5, 5.41) is 6.24. The fourth-order valence-corrected chi connectivity index (χ4v) is 0.706. The Balaban J connectivity index is 2.85. The molecule has 0 bridgehead atoms. The second kappa shape index (κ2) is 3.77. The van der Waals surface area contributed by atoms with E-state index in [1.165, 1.54) is 6.20 Å². The van der Waals surface area contributed by atoms with Crippen molar-refractivity contribution in [2.75, 3.05) is 0 Å². The summed E-state index contributed by atoms with van der Waals surface area (Å²) >= 11 is 4.68. The van der Waals surface area contributed by atoms with Gasteiger partial charge >= 0.3 is 0 Å². The Hall–Kier alpha value is -1.49. The lowest BCUT2D eigenvalue weighted by molar-refractivity contribution is 0.524. The van der Waals surface area contributed by atoms with Gasteiger partial charge in [0.1, 0.15) is 0 Å². The van der Waals surface area contributed by atoms with Crippen molar-refractivity contribution in [2.24, 2.45) is 4.99 Å². The summed E-state index contributed by atoms with van der Waals surface area (Å²) < 4.78 is 4.98. The van der Waals surface area contributed by atoms with Gasteiger partial charge in [0.25, 0.3) is 4.84 Å². The van der Waals surface area contributed by atoms with E-state index in [-0.39, 0.29) is 4.84 Å². The van der Waals surface area contributed by atoms with Crippen molar-refractivity contribution in [3.8, 4) is 0 Å². The maximum atomic E-state index is 4.98. The molecule has 5 heteroatoms. The molecule has 0 aliphatic carbocycles. The van der Waals surface area contributed by atoms with Gasteiger partial charge < -0.3 is 4.42 Å². The molecule has 0 saturated carbocycles. The van der Waals surface area contributed by atoms with Crippen molar-refractivity contribution in [3.63, 3.8) is 0 Å². The van der Waals surface area contributed by atoms with Gasteiger partial charge in [-0.2, -0.15) is 0 Å². The SMILES string of the molecule is C=N/C=C\C(=C)c1n[nH]c(=S)o1. The van der Waals surface area contributed by atoms with E-state index in [1.54, 1.807) is 6.08 Å². The third-order valence-electron chi connectivity index (χ3n) is 1.09. The summed E-state index contributed by atoms with van der Waals surface area (Å²) in [6, 6.07) is 0. The molecule has 0 aliphatic rings. The van der Waals surface area contributed by atoms with Crippen LogP contribution in [0.25, 0.3) is 5.57 Å². The molecule has 1 heterocycles. The molecule has 0 spiro atoms. The van der Waals surface area contributed by atoms with Crippen LogP contribution in [0.15, 0.2) is 28.3 Å². The second-order valence-electron chi connectivity index (χ2n) is 1.94. The molecule has 0 radical (unpaired) electrons. The van der Waals surface area contributed by atoms with Crippen LogP contribution < -0.4 is 0 Å². The number of hydrogen-bond donors (Lipinski definition) is 1. The first-order valence-electron chi connectivity index (χ1n) is 3.11. The summed E-state index contributed by atoms with van der Waals surface area (Å²) in [5.41, 5.74) is 0.592. The minimum atomic E-state index is 0.228. The van der Waals surface area contributed by atoms with E-state index in [0.29, 0.717) is 11.5 Å². The third kappa shape index (κ3) is 2.00. The second-order valence-corrected chi connectivity index (χ2v) is 2.31. The fraction of sp³-hybridized carbons (Fsp3) is 0. The van der Waals surface area contributed by atoms with Gasteiger partial charge in [-0.1, -0.05) is 6.58 Å². The highest BCUT2D eigenvalue weighted by Gasteiger charge is 1.99. The van der Waals surface area contributed by atoms with Crippen molar-refractivity contribution in [1.29, 1.82) is 0 Å². The number of aromatic amines is 1. The zero-order valence-electron chi connectivity index (χ0n) is 6.28. The topological polar surface area (TPSA) is 54.2 Å². The number of rotatable bonds is 3. The molecule has 0 amide bonds. The number of nitrogens with zero attached hydrogens (tertiary/aromatic N) is 2. The zero-order chi connectivity index (χ0) is 8.97. The van der Waals surface area contributed by atoms with Crippen LogP contribution in [-0.4, -0.2) is 16.9 Å². The quantitative estimate of drug-likeness (QED) is 0.440. The molecule has 0 aromatic carbocycles. The first kappa shape index (κ1) is 8.61. The molecule has 0 fully saturated rings. The number of hydrogen-bond acceptors (Lipinski definition) is 4. The largest absolute Gasteiger partial charge is 0.409 e. The molecule has 1 aromatic rings. The van der Waals surface area contributed by atoms with E-state index >= 15 is 0 Å². The van der Waals surface area contributed by atoms with E-state index in [9.17, 15) is 0 Å². The van der Waals surface area contributed by atoms with Crippen LogP contribution in [-0.2, 0) is 0 Å². The predicted octanol–water partition coefficient (Wildman–Crippen LogP) is 1.96. The smallest absolute Gasteiger partial charge is 0.284 e. The predicted molar refractivity (Wildman–Crippen MR) is 49.4 cm³/mol. The molecule has 4 nitrogen and oxygen atoms in total. The lowest BCUT2D eigenvalue weighted by atomic mass is 10.3. The average molecular weight is 181 g/mol. The maximum Gasteiger partial charge on any atom is 0.284 e. The van der Waals surface area contributed by atoms with E-state index in [0.717, 1.165) is 0 Å². The van der Waals surface area contributed by atoms with Crippen LogP contribution in [0.4, 0.5) is 0 Å². The fourth-order valence-electron chi connectivity index (χ4n) is 0.581. The standard InChI is InChI=1S/C7H7N3OS/c1-5(3-4-8-2)6-9-10-7(12)11-6/h3-4H,1-2H2,(H,10,12)/b4-3-. The lowest BCUT2D eigenvalue weighted by Gasteiger charge is -1.87. The first-order valence-corrected chi connectivity index (χ1v) is 3.52. The summed E-state index contributed by atoms with van der Waals surface area (Å²) in [4.78, 5) is 3.74. The number of H-pyrrole nitrogens is 1. The Bertz CT molecular complexity index is 374. The minimum absolute atomic E-state index is 0.228. The summed E-state index contributed by atoms with van der Waals surface area (Å²) in [6.45, 7) is 6.95. The van der Waals surface area contributed by atoms with Crippen LogP contribution in [0.1, 0.15) is 5.89 Å². The molecule has 0 atom stereocenters. The lowest BCUT2D eigenvalue weighted by Crippen LogP contribution is -1.77. The van der Waals surface area contributed by atoms with Gasteiger partial charge in [0, 0.05) is 11.8 Å². The molecule has 1 rings (SSSR count). The molecule has 1 aromatic heterocycles. The number of aromatic nitrogens is 2. The van der Waals surface area contributed by atoms with Gasteiger partial charge in [0.15, 0.2) is 0 Å². The average Bonchev–Trinajstić information content (AvgIpc) is 2.47. The monoisotopic (exact) mass is 181 g/mol. The van der Waals surface area contributed by atoms with Gasteiger partial charge in [0.2, 0.25) is 5.89 Å². The minimum Gasteiger partial charge on any atom is -0.409 e. The molecular weight excluding hydrogens is 174 g/mol. The maximum absolute atomic E-state index is 4.98. The Morgan fingerprint density at radius 1 is 1.75 bits per heavy atom. The highest BCUT2D eigenvalue weighted by atomic mass is 32.1. The first-order chi connectivity index (χ1) is 5.74. The summed E-state index contributed by atoms with van der Waals surface area (Å²) in [5.74, 6) is 0.361. The summed E-state index contributed by atoms with van der Waals surface area (Å²) in [7, 11) is 0. The van der Waals surface area contributed by atoms with Gasteiger partial charge in [-0.3, -0.25) is 4.99 Å². The Kier molecular flexibility index (Phi) is 2.71. The molecule has 0 saturated heterocycles. The van der Waals surface area contributed by atoms with Gasteiger partial charge in [-0.05, 0) is 25.0 Å². The van der Waals surface area contributed by atoms with E-state index in [1.807, 2.05) is 0 Å². The van der Waals surface area contributed by atoms with Crippen LogP contribution in [0.2, 0.25) is 0 Å². The van der Waals surface area contributed by atoms with Crippen molar-refractivity contribution in [3.05, 3.63) is 29.6 Å². The van der Waals surface area contributed by atoms with Crippen molar-refractivity contribution in [1.82, 2.24) is 10.2 Å². The Morgan fingerprint density at radius 3 is 3.00 bits per heavy atom. The van der Waals surface area contributed by atoms with Crippen molar-refractivity contribution >= 4 is 24.5 Å². The van der Waals surface area contributed by atoms with Crippen LogP contribution in [0.5, 0.6) is 0 Å². The van der Waals surface area contributed by atoms with Gasteiger partial charge in [-0.15, -0.1) is 5.10 Å². The van der Waals surface area contributed by atoms with E-state index < -0.39 is 0 Å². The summed E-state index contributed by atoms with van der Waals surface area (Å²) in [6.07, 6.45) is 3.12. The third-order valence-corrected chi connectivity index (χ3v) is 1.27. The van der Waals surface area contributed by atoms with E-state index in [2.05, 4.69) is 40.7 Å². The van der Waals surface area contributed by atoms with Crippen LogP contribution in [0.3, 0.4) is 0 Å². The Morgan fingerprint density at radius 2 is 2.50 bits per heavy atom. The number of aliphatic imine (C=N–C) groups is 1. The molecular formula is C7H7N3OS. The van der Waals surface area contributed by atoms with Crippen molar-refractivity contribution < 1.29 is 4.42 Å². The van der Waals surface area contributed by atoms with Crippen molar-refractivity contribution in [2.45, 2.75) is 0 Å². The highest BCUT2D eigenvalue weighted by molar-refractivity contribution is 7.71. The van der Waals surface area contributed by atoms with Gasteiger partial charge in [0.05, 0.1) is 0 Å². The molecule has 0 unspecified atom stereocenters. The van der Waals surface area contributed by atoms with E-state index in [4.69, 9.17) is 4.42 Å².